The highest BCUT2D eigenvalue weighted by atomic mass is 35.5. The third-order valence-corrected chi connectivity index (χ3v) is 3.38. The topological polar surface area (TPSA) is 69.8 Å². The van der Waals surface area contributed by atoms with Crippen molar-refractivity contribution in [2.24, 2.45) is 5.92 Å². The van der Waals surface area contributed by atoms with E-state index in [2.05, 4.69) is 20.8 Å². The first-order chi connectivity index (χ1) is 8.83. The van der Waals surface area contributed by atoms with Gasteiger partial charge in [0, 0.05) is 17.6 Å². The van der Waals surface area contributed by atoms with E-state index in [1.807, 2.05) is 18.2 Å². The van der Waals surface area contributed by atoms with E-state index >= 15 is 0 Å². The van der Waals surface area contributed by atoms with Crippen molar-refractivity contribution in [1.29, 1.82) is 0 Å². The number of nitrogens with one attached hydrogen (secondary N) is 3. The minimum absolute atomic E-state index is 0. The largest absolute Gasteiger partial charge is 0.326 e. The molecule has 1 aromatic carbocycles. The summed E-state index contributed by atoms with van der Waals surface area (Å²) in [4.78, 5) is 12.1. The number of anilines is 1. The van der Waals surface area contributed by atoms with Crippen LogP contribution in [0.25, 0.3) is 10.9 Å². The predicted octanol–water partition coefficient (Wildman–Crippen LogP) is 1.92. The molecule has 3 N–H and O–H groups in total. The summed E-state index contributed by atoms with van der Waals surface area (Å²) in [7, 11) is 0. The fourth-order valence-electron chi connectivity index (χ4n) is 2.34. The number of nitrogens with zero attached hydrogens (tertiary/aromatic N) is 1. The Balaban J connectivity index is 0.00000133. The van der Waals surface area contributed by atoms with E-state index in [-0.39, 0.29) is 24.2 Å². The van der Waals surface area contributed by atoms with Crippen LogP contribution in [0.4, 0.5) is 5.69 Å². The van der Waals surface area contributed by atoms with Crippen molar-refractivity contribution in [2.45, 2.75) is 12.8 Å². The minimum Gasteiger partial charge on any atom is -0.326 e. The molecule has 1 aliphatic heterocycles. The van der Waals surface area contributed by atoms with Gasteiger partial charge in [-0.3, -0.25) is 9.89 Å². The number of carbonyl (C=O) groups is 1. The smallest absolute Gasteiger partial charge is 0.228 e. The van der Waals surface area contributed by atoms with Gasteiger partial charge < -0.3 is 10.6 Å². The lowest BCUT2D eigenvalue weighted by molar-refractivity contribution is -0.120. The molecule has 1 aliphatic rings. The Morgan fingerprint density at radius 3 is 3.11 bits per heavy atom. The molecular formula is C13H17ClN4O. The average molecular weight is 281 g/mol. The summed E-state index contributed by atoms with van der Waals surface area (Å²) < 4.78 is 0. The highest BCUT2D eigenvalue weighted by Crippen LogP contribution is 2.18. The van der Waals surface area contributed by atoms with Crippen LogP contribution in [0.2, 0.25) is 0 Å². The fourth-order valence-corrected chi connectivity index (χ4v) is 2.34. The maximum atomic E-state index is 12.1. The Kier molecular flexibility index (Phi) is 4.39. The second-order valence-corrected chi connectivity index (χ2v) is 4.70. The van der Waals surface area contributed by atoms with Crippen molar-refractivity contribution in [3.05, 3.63) is 24.4 Å². The molecule has 1 atom stereocenters. The average Bonchev–Trinajstić information content (AvgIpc) is 2.87. The number of hydrogen-bond donors (Lipinski definition) is 3. The number of piperidine rings is 1. The molecule has 1 unspecified atom stereocenters. The highest BCUT2D eigenvalue weighted by molar-refractivity contribution is 5.95. The molecule has 1 aromatic heterocycles. The van der Waals surface area contributed by atoms with Gasteiger partial charge in [0.25, 0.3) is 0 Å². The van der Waals surface area contributed by atoms with Crippen LogP contribution in [0.15, 0.2) is 24.4 Å². The Morgan fingerprint density at radius 1 is 1.42 bits per heavy atom. The SMILES string of the molecule is Cl.O=C(Nc1ccc2[nH]ncc2c1)C1CCCNC1. The summed E-state index contributed by atoms with van der Waals surface area (Å²) in [6.07, 6.45) is 3.79. The van der Waals surface area contributed by atoms with E-state index in [1.54, 1.807) is 6.20 Å². The Hall–Kier alpha value is -1.59. The molecule has 3 rings (SSSR count). The molecule has 1 saturated heterocycles. The van der Waals surface area contributed by atoms with Gasteiger partial charge in [-0.1, -0.05) is 0 Å². The second kappa shape index (κ2) is 6.04. The van der Waals surface area contributed by atoms with Crippen LogP contribution in [0.1, 0.15) is 12.8 Å². The first-order valence-corrected chi connectivity index (χ1v) is 6.27. The number of aromatic amines is 1. The second-order valence-electron chi connectivity index (χ2n) is 4.70. The molecule has 0 saturated carbocycles. The lowest BCUT2D eigenvalue weighted by atomic mass is 9.99. The summed E-state index contributed by atoms with van der Waals surface area (Å²) in [6, 6.07) is 5.76. The van der Waals surface area contributed by atoms with Crippen molar-refractivity contribution >= 4 is 34.9 Å². The fraction of sp³-hybridized carbons (Fsp3) is 0.385. The summed E-state index contributed by atoms with van der Waals surface area (Å²) in [5.41, 5.74) is 1.81. The summed E-state index contributed by atoms with van der Waals surface area (Å²) in [5, 5.41) is 14.1. The highest BCUT2D eigenvalue weighted by Gasteiger charge is 2.20. The number of amides is 1. The number of halogens is 1. The molecule has 2 heterocycles. The van der Waals surface area contributed by atoms with Crippen LogP contribution < -0.4 is 10.6 Å². The molecule has 19 heavy (non-hydrogen) atoms. The third-order valence-electron chi connectivity index (χ3n) is 3.38. The van der Waals surface area contributed by atoms with E-state index in [0.29, 0.717) is 0 Å². The van der Waals surface area contributed by atoms with Crippen LogP contribution in [-0.2, 0) is 4.79 Å². The van der Waals surface area contributed by atoms with Gasteiger partial charge in [0.05, 0.1) is 17.6 Å². The Labute approximate surface area is 117 Å². The van der Waals surface area contributed by atoms with Gasteiger partial charge in [-0.05, 0) is 37.6 Å². The molecule has 1 fully saturated rings. The number of carbonyl (C=O) groups excluding carboxylic acids is 1. The molecule has 0 spiro atoms. The van der Waals surface area contributed by atoms with E-state index in [9.17, 15) is 4.79 Å². The zero-order chi connectivity index (χ0) is 12.4. The van der Waals surface area contributed by atoms with Gasteiger partial charge in [0.1, 0.15) is 0 Å². The summed E-state index contributed by atoms with van der Waals surface area (Å²) in [6.45, 7) is 1.80. The van der Waals surface area contributed by atoms with Gasteiger partial charge in [-0.25, -0.2) is 0 Å². The quantitative estimate of drug-likeness (QED) is 0.787. The van der Waals surface area contributed by atoms with E-state index in [4.69, 9.17) is 0 Å². The monoisotopic (exact) mass is 280 g/mol. The van der Waals surface area contributed by atoms with Crippen molar-refractivity contribution < 1.29 is 4.79 Å². The standard InChI is InChI=1S/C13H16N4O.ClH/c18-13(9-2-1-5-14-7-9)16-11-3-4-12-10(6-11)8-15-17-12;/h3-4,6,8-9,14H,1-2,5,7H2,(H,15,17)(H,16,18);1H. The van der Waals surface area contributed by atoms with E-state index in [1.165, 1.54) is 0 Å². The number of rotatable bonds is 2. The molecule has 1 amide bonds. The van der Waals surface area contributed by atoms with Gasteiger partial charge >= 0.3 is 0 Å². The Bertz CT molecular complexity index is 563. The molecule has 102 valence electrons. The number of benzene rings is 1. The molecule has 0 aliphatic carbocycles. The maximum Gasteiger partial charge on any atom is 0.228 e. The third kappa shape index (κ3) is 3.05. The lowest BCUT2D eigenvalue weighted by Gasteiger charge is -2.21. The number of hydrogen-bond acceptors (Lipinski definition) is 3. The van der Waals surface area contributed by atoms with Crippen molar-refractivity contribution in [1.82, 2.24) is 15.5 Å². The molecule has 0 bridgehead atoms. The normalized spacial score (nSPS) is 18.8. The van der Waals surface area contributed by atoms with E-state index in [0.717, 1.165) is 42.5 Å². The van der Waals surface area contributed by atoms with Gasteiger partial charge in [-0.15, -0.1) is 12.4 Å². The number of aromatic nitrogens is 2. The van der Waals surface area contributed by atoms with Crippen LogP contribution in [-0.4, -0.2) is 29.2 Å². The lowest BCUT2D eigenvalue weighted by Crippen LogP contribution is -2.37. The van der Waals surface area contributed by atoms with Crippen molar-refractivity contribution in [2.75, 3.05) is 18.4 Å². The van der Waals surface area contributed by atoms with Crippen molar-refractivity contribution in [3.8, 4) is 0 Å². The Morgan fingerprint density at radius 2 is 2.32 bits per heavy atom. The van der Waals surface area contributed by atoms with Crippen LogP contribution in [0.5, 0.6) is 0 Å². The van der Waals surface area contributed by atoms with E-state index < -0.39 is 0 Å². The summed E-state index contributed by atoms with van der Waals surface area (Å²) in [5.74, 6) is 0.184. The minimum atomic E-state index is 0. The zero-order valence-electron chi connectivity index (χ0n) is 10.5. The number of fused-ring (bicyclic) bond motifs is 1. The van der Waals surface area contributed by atoms with Crippen LogP contribution in [0, 0.1) is 5.92 Å². The van der Waals surface area contributed by atoms with Gasteiger partial charge in [0.15, 0.2) is 0 Å². The molecule has 0 radical (unpaired) electrons. The molecule has 6 heteroatoms. The predicted molar refractivity (Wildman–Crippen MR) is 77.6 cm³/mol. The van der Waals surface area contributed by atoms with Gasteiger partial charge in [0.2, 0.25) is 5.91 Å². The summed E-state index contributed by atoms with van der Waals surface area (Å²) >= 11 is 0. The van der Waals surface area contributed by atoms with Crippen LogP contribution >= 0.6 is 12.4 Å². The number of H-pyrrole nitrogens is 1. The zero-order valence-corrected chi connectivity index (χ0v) is 11.3. The maximum absolute atomic E-state index is 12.1. The molecule has 2 aromatic rings. The van der Waals surface area contributed by atoms with Crippen molar-refractivity contribution in [3.63, 3.8) is 0 Å². The molecule has 5 nitrogen and oxygen atoms in total. The van der Waals surface area contributed by atoms with Gasteiger partial charge in [-0.2, -0.15) is 5.10 Å². The first kappa shape index (κ1) is 13.8. The first-order valence-electron chi connectivity index (χ1n) is 6.27. The molecular weight excluding hydrogens is 264 g/mol. The van der Waals surface area contributed by atoms with Crippen LogP contribution in [0.3, 0.4) is 0 Å².